The molecule has 2 aromatic rings. The monoisotopic (exact) mass is 562 g/mol. The maximum Gasteiger partial charge on any atom is 0.293 e. The van der Waals surface area contributed by atoms with Gasteiger partial charge in [-0.05, 0) is 38.2 Å². The van der Waals surface area contributed by atoms with Crippen LogP contribution in [0.4, 0.5) is 0 Å². The van der Waals surface area contributed by atoms with E-state index >= 15 is 0 Å². The highest BCUT2D eigenvalue weighted by atomic mass is 31.0. The van der Waals surface area contributed by atoms with Gasteiger partial charge in [0.2, 0.25) is 0 Å². The number of allylic oxidation sites excluding steroid dienone is 1. The molecule has 2 aliphatic heterocycles. The highest BCUT2D eigenvalue weighted by Gasteiger charge is 2.22. The number of likely N-dealkylation sites (tertiary alicyclic amines) is 1. The van der Waals surface area contributed by atoms with Gasteiger partial charge in [0.15, 0.2) is 0 Å². The van der Waals surface area contributed by atoms with Crippen LogP contribution in [0, 0.1) is 0 Å². The number of hydrogen-bond donors (Lipinski definition) is 1. The van der Waals surface area contributed by atoms with Crippen molar-refractivity contribution in [2.45, 2.75) is 38.5 Å². The first kappa shape index (κ1) is 32.1. The molecule has 0 saturated carbocycles. The molecule has 4 rings (SSSR count). The molecule has 1 atom stereocenters. The molecule has 0 radical (unpaired) electrons. The Labute approximate surface area is 234 Å². The van der Waals surface area contributed by atoms with Gasteiger partial charge in [-0.2, -0.15) is 0 Å². The van der Waals surface area contributed by atoms with Crippen molar-refractivity contribution in [2.75, 3.05) is 54.2 Å². The van der Waals surface area contributed by atoms with Crippen LogP contribution in [0.25, 0.3) is 10.9 Å². The van der Waals surface area contributed by atoms with Gasteiger partial charge >= 0.3 is 0 Å². The molecule has 1 aromatic heterocycles. The summed E-state index contributed by atoms with van der Waals surface area (Å²) in [7, 11) is 10.3. The van der Waals surface area contributed by atoms with Crippen LogP contribution < -0.4 is 4.74 Å². The van der Waals surface area contributed by atoms with Gasteiger partial charge in [0.1, 0.15) is 18.6 Å². The Hall–Kier alpha value is -3.07. The fraction of sp³-hybridized carbons (Fsp3) is 0.500. The molecule has 0 spiro atoms. The number of methoxy groups -OCH3 is 2. The Morgan fingerprint density at radius 3 is 2.49 bits per heavy atom. The first-order valence-electron chi connectivity index (χ1n) is 12.9. The van der Waals surface area contributed by atoms with Gasteiger partial charge in [-0.3, -0.25) is 9.59 Å². The van der Waals surface area contributed by atoms with E-state index in [4.69, 9.17) is 24.1 Å². The number of likely N-dealkylation sites (N-methyl/N-ethyl adjacent to an activating group) is 1. The van der Waals surface area contributed by atoms with Crippen molar-refractivity contribution in [2.24, 2.45) is 0 Å². The summed E-state index contributed by atoms with van der Waals surface area (Å²) in [5.41, 5.74) is 3.87. The fourth-order valence-electron chi connectivity index (χ4n) is 4.54. The van der Waals surface area contributed by atoms with Crippen molar-refractivity contribution in [3.63, 3.8) is 0 Å². The van der Waals surface area contributed by atoms with Crippen molar-refractivity contribution in [1.82, 2.24) is 19.3 Å². The first-order chi connectivity index (χ1) is 18.9. The van der Waals surface area contributed by atoms with Gasteiger partial charge in [0, 0.05) is 88.0 Å². The lowest BCUT2D eigenvalue weighted by Gasteiger charge is -2.35. The maximum absolute atomic E-state index is 10.3. The fourth-order valence-corrected chi connectivity index (χ4v) is 4.77. The summed E-state index contributed by atoms with van der Waals surface area (Å²) in [6.07, 6.45) is 13.6. The van der Waals surface area contributed by atoms with E-state index in [1.807, 2.05) is 6.07 Å². The number of fused-ring (bicyclic) bond motifs is 1. The maximum atomic E-state index is 10.3. The second-order valence-corrected chi connectivity index (χ2v) is 9.77. The van der Waals surface area contributed by atoms with E-state index < -0.39 is 0 Å². The van der Waals surface area contributed by atoms with Crippen LogP contribution in [0.5, 0.6) is 5.75 Å². The van der Waals surface area contributed by atoms with E-state index in [1.165, 1.54) is 16.6 Å². The number of nitrogens with zero attached hydrogens (tertiary/aromatic N) is 4. The lowest BCUT2D eigenvalue weighted by Crippen LogP contribution is -2.37. The first-order valence-corrected chi connectivity index (χ1v) is 13.8. The van der Waals surface area contributed by atoms with Crippen molar-refractivity contribution >= 4 is 33.1 Å². The second kappa shape index (κ2) is 17.5. The Kier molecular flexibility index (Phi) is 14.4. The summed E-state index contributed by atoms with van der Waals surface area (Å²) < 4.78 is 17.7. The van der Waals surface area contributed by atoms with Gasteiger partial charge < -0.3 is 38.6 Å². The van der Waals surface area contributed by atoms with Crippen LogP contribution >= 0.6 is 9.24 Å². The molecule has 39 heavy (non-hydrogen) atoms. The Morgan fingerprint density at radius 2 is 1.90 bits per heavy atom. The van der Waals surface area contributed by atoms with Crippen LogP contribution in [0.3, 0.4) is 0 Å². The van der Waals surface area contributed by atoms with Crippen molar-refractivity contribution in [3.05, 3.63) is 54.1 Å². The van der Waals surface area contributed by atoms with Crippen LogP contribution in [-0.4, -0.2) is 97.7 Å². The molecule has 0 bridgehead atoms. The summed E-state index contributed by atoms with van der Waals surface area (Å²) in [4.78, 5) is 25.4. The molecule has 1 aromatic carbocycles. The summed E-state index contributed by atoms with van der Waals surface area (Å²) in [5, 5.41) is 8.17. The molecule has 1 saturated heterocycles. The summed E-state index contributed by atoms with van der Waals surface area (Å²) in [6.45, 7) is 3.87. The largest absolute Gasteiger partial charge is 0.497 e. The average molecular weight is 563 g/mol. The van der Waals surface area contributed by atoms with E-state index in [0.717, 1.165) is 62.9 Å². The zero-order valence-electron chi connectivity index (χ0n) is 23.5. The third-order valence-corrected chi connectivity index (χ3v) is 6.94. The molecule has 11 heteroatoms. The van der Waals surface area contributed by atoms with Crippen molar-refractivity contribution < 1.29 is 28.9 Å². The topological polar surface area (TPSA) is 96.7 Å². The number of aromatic nitrogens is 1. The van der Waals surface area contributed by atoms with Crippen LogP contribution in [0.15, 0.2) is 48.6 Å². The zero-order chi connectivity index (χ0) is 28.6. The minimum atomic E-state index is -0.250. The van der Waals surface area contributed by atoms with Crippen molar-refractivity contribution in [1.29, 1.82) is 0 Å². The third kappa shape index (κ3) is 10.2. The van der Waals surface area contributed by atoms with E-state index in [-0.39, 0.29) is 12.6 Å². The standard InChI is InChI=1S/C15H22N2O2.C12H19N2O2P.CH2O2/c1-16(2)8-7-12-10-17(11-18-3)15-9-13(19-4)5-6-14(12)15;15-10-16-12-3-6-14(7-4-12)11-2-1-5-13(8-11)9-17;2-1-3/h5-6,9-10H,7-8,11H2,1-4H3;1,5,8,10,12H,2-4,6-7,9,17H2;1H,(H,2,3). The van der Waals surface area contributed by atoms with Gasteiger partial charge in [-0.25, -0.2) is 0 Å². The predicted octanol–water partition coefficient (Wildman–Crippen LogP) is 3.58. The Bertz CT molecular complexity index is 1080. The van der Waals surface area contributed by atoms with Crippen LogP contribution in [0.2, 0.25) is 0 Å². The Morgan fingerprint density at radius 1 is 1.18 bits per heavy atom. The van der Waals surface area contributed by atoms with Gasteiger partial charge in [0.25, 0.3) is 12.9 Å². The molecule has 0 aliphatic carbocycles. The molecular formula is C28H43N4O6P. The number of hydrogen-bond acceptors (Lipinski definition) is 8. The number of ether oxygens (including phenoxy) is 3. The summed E-state index contributed by atoms with van der Waals surface area (Å²) >= 11 is 0. The zero-order valence-corrected chi connectivity index (χ0v) is 24.6. The molecule has 1 fully saturated rings. The normalized spacial score (nSPS) is 15.2. The molecule has 2 aliphatic rings. The molecule has 1 N–H and O–H groups in total. The van der Waals surface area contributed by atoms with E-state index in [2.05, 4.69) is 79.4 Å². The van der Waals surface area contributed by atoms with E-state index in [1.54, 1.807) is 14.2 Å². The highest BCUT2D eigenvalue weighted by molar-refractivity contribution is 7.16. The molecule has 216 valence electrons. The summed E-state index contributed by atoms with van der Waals surface area (Å²) in [5.74, 6) is 0.877. The number of carbonyl (C=O) groups is 2. The van der Waals surface area contributed by atoms with E-state index in [9.17, 15) is 4.79 Å². The molecule has 0 amide bonds. The number of benzene rings is 1. The molecule has 10 nitrogen and oxygen atoms in total. The average Bonchev–Trinajstić information content (AvgIpc) is 3.30. The lowest BCUT2D eigenvalue weighted by atomic mass is 10.1. The van der Waals surface area contributed by atoms with E-state index in [0.29, 0.717) is 13.2 Å². The smallest absolute Gasteiger partial charge is 0.293 e. The lowest BCUT2D eigenvalue weighted by molar-refractivity contribution is -0.135. The third-order valence-electron chi connectivity index (χ3n) is 6.51. The van der Waals surface area contributed by atoms with Crippen LogP contribution in [-0.2, 0) is 32.2 Å². The number of rotatable bonds is 10. The predicted molar refractivity (Wildman–Crippen MR) is 156 cm³/mol. The van der Waals surface area contributed by atoms with Gasteiger partial charge in [-0.15, -0.1) is 9.24 Å². The highest BCUT2D eigenvalue weighted by Crippen LogP contribution is 2.26. The second-order valence-electron chi connectivity index (χ2n) is 9.41. The van der Waals surface area contributed by atoms with Crippen LogP contribution in [0.1, 0.15) is 24.8 Å². The molecule has 3 heterocycles. The van der Waals surface area contributed by atoms with Crippen molar-refractivity contribution in [3.8, 4) is 5.75 Å². The minimum Gasteiger partial charge on any atom is -0.497 e. The summed E-state index contributed by atoms with van der Waals surface area (Å²) in [6, 6.07) is 6.21. The SMILES string of the molecule is COCn1cc(CCN(C)C)c2ccc(OC)cc21.O=CO.O=COC1CCN(C2=CN(CP)C=CC2)CC1. The quantitative estimate of drug-likeness (QED) is 0.344. The van der Waals surface area contributed by atoms with Gasteiger partial charge in [0.05, 0.1) is 12.6 Å². The number of piperidine rings is 1. The molecular weight excluding hydrogens is 519 g/mol. The number of carboxylic acid groups (broad SMARTS) is 1. The minimum absolute atomic E-state index is 0.112. The van der Waals surface area contributed by atoms with Gasteiger partial charge in [-0.1, -0.05) is 6.08 Å². The number of carbonyl (C=O) groups excluding carboxylic acids is 1. The molecule has 1 unspecified atom stereocenters. The Balaban J connectivity index is 0.000000250.